The van der Waals surface area contributed by atoms with E-state index in [1.807, 2.05) is 42.1 Å². The van der Waals surface area contributed by atoms with Crippen LogP contribution in [0, 0.1) is 6.92 Å². The molecule has 5 heteroatoms. The summed E-state index contributed by atoms with van der Waals surface area (Å²) in [4.78, 5) is 11.5. The van der Waals surface area contributed by atoms with Crippen molar-refractivity contribution in [3.05, 3.63) is 59.5 Å². The van der Waals surface area contributed by atoms with Gasteiger partial charge in [-0.25, -0.2) is 14.6 Å². The van der Waals surface area contributed by atoms with Gasteiger partial charge in [-0.05, 0) is 50.5 Å². The molecule has 0 bridgehead atoms. The molecule has 1 aliphatic rings. The Morgan fingerprint density at radius 1 is 1.12 bits per heavy atom. The largest absolute Gasteiger partial charge is 0.245 e. The molecule has 1 aliphatic carbocycles. The van der Waals surface area contributed by atoms with Crippen molar-refractivity contribution in [2.45, 2.75) is 26.2 Å². The smallest absolute Gasteiger partial charge is 0.154 e. The summed E-state index contributed by atoms with van der Waals surface area (Å²) in [6.07, 6.45) is 5.20. The third-order valence-corrected chi connectivity index (χ3v) is 5.59. The lowest BCUT2D eigenvalue weighted by Gasteiger charge is -2.07. The SMILES string of the molecule is Cc1cccc(-n2nc3c(c2-c2cc4cccnc4s2)CCC3)n1. The van der Waals surface area contributed by atoms with Crippen molar-refractivity contribution in [3.63, 3.8) is 0 Å². The van der Waals surface area contributed by atoms with Gasteiger partial charge in [0.25, 0.3) is 0 Å². The van der Waals surface area contributed by atoms with Gasteiger partial charge in [0.15, 0.2) is 5.82 Å². The first-order valence-corrected chi connectivity index (χ1v) is 9.01. The van der Waals surface area contributed by atoms with Gasteiger partial charge in [-0.3, -0.25) is 0 Å². The van der Waals surface area contributed by atoms with Gasteiger partial charge < -0.3 is 0 Å². The van der Waals surface area contributed by atoms with Crippen LogP contribution >= 0.6 is 11.3 Å². The van der Waals surface area contributed by atoms with Crippen molar-refractivity contribution in [2.75, 3.05) is 0 Å². The molecule has 118 valence electrons. The summed E-state index contributed by atoms with van der Waals surface area (Å²) in [6, 6.07) is 12.4. The van der Waals surface area contributed by atoms with Crippen LogP contribution in [-0.4, -0.2) is 19.7 Å². The zero-order valence-electron chi connectivity index (χ0n) is 13.4. The highest BCUT2D eigenvalue weighted by atomic mass is 32.1. The van der Waals surface area contributed by atoms with E-state index in [0.717, 1.165) is 29.2 Å². The molecule has 4 heterocycles. The first-order valence-electron chi connectivity index (χ1n) is 8.19. The summed E-state index contributed by atoms with van der Waals surface area (Å²) in [7, 11) is 0. The molecule has 0 spiro atoms. The predicted molar refractivity (Wildman–Crippen MR) is 96.7 cm³/mol. The number of pyridine rings is 2. The quantitative estimate of drug-likeness (QED) is 0.548. The van der Waals surface area contributed by atoms with Crippen molar-refractivity contribution in [1.29, 1.82) is 0 Å². The number of nitrogens with zero attached hydrogens (tertiary/aromatic N) is 4. The molecule has 0 amide bonds. The third-order valence-electron chi connectivity index (χ3n) is 4.52. The molecule has 0 radical (unpaired) electrons. The first kappa shape index (κ1) is 13.9. The maximum Gasteiger partial charge on any atom is 0.154 e. The van der Waals surface area contributed by atoms with Crippen LogP contribution in [-0.2, 0) is 12.8 Å². The average molecular weight is 332 g/mol. The van der Waals surface area contributed by atoms with Crippen molar-refractivity contribution in [3.8, 4) is 16.4 Å². The Morgan fingerprint density at radius 3 is 2.96 bits per heavy atom. The Balaban J connectivity index is 1.77. The zero-order chi connectivity index (χ0) is 16.1. The summed E-state index contributed by atoms with van der Waals surface area (Å²) in [5.74, 6) is 0.893. The maximum absolute atomic E-state index is 4.89. The standard InChI is InChI=1S/C19H16N4S/c1-12-5-2-9-17(21-12)23-18(14-7-3-8-15(14)22-23)16-11-13-6-4-10-20-19(13)24-16/h2,4-6,9-11H,3,7-8H2,1H3. The van der Waals surface area contributed by atoms with Crippen molar-refractivity contribution < 1.29 is 0 Å². The van der Waals surface area contributed by atoms with Gasteiger partial charge in [0.1, 0.15) is 4.83 Å². The second kappa shape index (κ2) is 5.24. The Labute approximate surface area is 143 Å². The van der Waals surface area contributed by atoms with Crippen LogP contribution in [0.4, 0.5) is 0 Å². The fourth-order valence-electron chi connectivity index (χ4n) is 3.45. The molecule has 4 aromatic heterocycles. The number of rotatable bonds is 2. The molecule has 0 N–H and O–H groups in total. The lowest BCUT2D eigenvalue weighted by Crippen LogP contribution is -2.03. The van der Waals surface area contributed by atoms with E-state index in [4.69, 9.17) is 5.10 Å². The molecular weight excluding hydrogens is 316 g/mol. The summed E-state index contributed by atoms with van der Waals surface area (Å²) in [6.45, 7) is 2.02. The normalized spacial score (nSPS) is 13.5. The number of thiophene rings is 1. The summed E-state index contributed by atoms with van der Waals surface area (Å²) in [5.41, 5.74) is 4.80. The van der Waals surface area contributed by atoms with Gasteiger partial charge in [-0.2, -0.15) is 5.10 Å². The van der Waals surface area contributed by atoms with Gasteiger partial charge in [0.05, 0.1) is 16.3 Å². The molecule has 0 saturated heterocycles. The summed E-state index contributed by atoms with van der Waals surface area (Å²) in [5, 5.41) is 6.08. The molecule has 0 unspecified atom stereocenters. The number of hydrogen-bond donors (Lipinski definition) is 0. The van der Waals surface area contributed by atoms with Crippen molar-refractivity contribution in [2.24, 2.45) is 0 Å². The minimum atomic E-state index is 0.893. The monoisotopic (exact) mass is 332 g/mol. The number of aryl methyl sites for hydroxylation is 2. The van der Waals surface area contributed by atoms with Gasteiger partial charge in [-0.15, -0.1) is 11.3 Å². The molecule has 0 fully saturated rings. The van der Waals surface area contributed by atoms with Crippen LogP contribution in [0.1, 0.15) is 23.4 Å². The molecule has 4 aromatic rings. The molecule has 0 saturated carbocycles. The molecule has 0 aliphatic heterocycles. The van der Waals surface area contributed by atoms with E-state index >= 15 is 0 Å². The topological polar surface area (TPSA) is 43.6 Å². The van der Waals surface area contributed by atoms with Gasteiger partial charge in [-0.1, -0.05) is 12.1 Å². The second-order valence-corrected chi connectivity index (χ2v) is 7.22. The second-order valence-electron chi connectivity index (χ2n) is 6.18. The fourth-order valence-corrected chi connectivity index (χ4v) is 4.51. The molecular formula is C19H16N4S. The van der Waals surface area contributed by atoms with Crippen LogP contribution < -0.4 is 0 Å². The lowest BCUT2D eigenvalue weighted by molar-refractivity contribution is 0.788. The van der Waals surface area contributed by atoms with E-state index in [1.165, 1.54) is 33.6 Å². The minimum absolute atomic E-state index is 0.893. The Bertz CT molecular complexity index is 1030. The molecule has 0 atom stereocenters. The minimum Gasteiger partial charge on any atom is -0.245 e. The first-order chi connectivity index (χ1) is 11.8. The highest BCUT2D eigenvalue weighted by molar-refractivity contribution is 7.21. The van der Waals surface area contributed by atoms with Crippen LogP contribution in [0.15, 0.2) is 42.6 Å². The highest BCUT2D eigenvalue weighted by Crippen LogP contribution is 2.39. The highest BCUT2D eigenvalue weighted by Gasteiger charge is 2.25. The zero-order valence-corrected chi connectivity index (χ0v) is 14.2. The van der Waals surface area contributed by atoms with Gasteiger partial charge >= 0.3 is 0 Å². The average Bonchev–Trinajstić information content (AvgIpc) is 3.27. The van der Waals surface area contributed by atoms with Crippen LogP contribution in [0.25, 0.3) is 26.6 Å². The molecule has 4 nitrogen and oxygen atoms in total. The van der Waals surface area contributed by atoms with Gasteiger partial charge in [0.2, 0.25) is 0 Å². The van der Waals surface area contributed by atoms with E-state index in [0.29, 0.717) is 0 Å². The summed E-state index contributed by atoms with van der Waals surface area (Å²) < 4.78 is 2.03. The van der Waals surface area contributed by atoms with Gasteiger partial charge in [0, 0.05) is 22.8 Å². The maximum atomic E-state index is 4.89. The van der Waals surface area contributed by atoms with E-state index in [1.54, 1.807) is 11.3 Å². The molecule has 0 aromatic carbocycles. The number of hydrogen-bond acceptors (Lipinski definition) is 4. The van der Waals surface area contributed by atoms with E-state index in [-0.39, 0.29) is 0 Å². The summed E-state index contributed by atoms with van der Waals surface area (Å²) >= 11 is 1.73. The fraction of sp³-hybridized carbons (Fsp3) is 0.211. The number of fused-ring (bicyclic) bond motifs is 2. The third kappa shape index (κ3) is 2.08. The van der Waals surface area contributed by atoms with Crippen molar-refractivity contribution in [1.82, 2.24) is 19.7 Å². The van der Waals surface area contributed by atoms with E-state index in [2.05, 4.69) is 22.1 Å². The molecule has 24 heavy (non-hydrogen) atoms. The van der Waals surface area contributed by atoms with E-state index in [9.17, 15) is 0 Å². The lowest BCUT2D eigenvalue weighted by atomic mass is 10.1. The van der Waals surface area contributed by atoms with E-state index < -0.39 is 0 Å². The van der Waals surface area contributed by atoms with Crippen LogP contribution in [0.3, 0.4) is 0 Å². The Kier molecular flexibility index (Phi) is 3.03. The van der Waals surface area contributed by atoms with Crippen LogP contribution in [0.2, 0.25) is 0 Å². The Morgan fingerprint density at radius 2 is 2.08 bits per heavy atom. The van der Waals surface area contributed by atoms with Crippen molar-refractivity contribution >= 4 is 21.6 Å². The molecule has 5 rings (SSSR count). The number of aromatic nitrogens is 4. The Hall–Kier alpha value is -2.53. The predicted octanol–water partition coefficient (Wildman–Crippen LogP) is 4.34. The van der Waals surface area contributed by atoms with Crippen LogP contribution in [0.5, 0.6) is 0 Å².